The number of nitrogens with zero attached hydrogens (tertiary/aromatic N) is 2. The Labute approximate surface area is 137 Å². The van der Waals surface area contributed by atoms with Crippen LogP contribution in [0.15, 0.2) is 30.5 Å². The fourth-order valence-corrected chi connectivity index (χ4v) is 2.92. The van der Waals surface area contributed by atoms with Crippen LogP contribution in [0.5, 0.6) is 0 Å². The number of aromatic amines is 1. The van der Waals surface area contributed by atoms with Gasteiger partial charge in [-0.2, -0.15) is 5.10 Å². The minimum absolute atomic E-state index is 0.00513. The number of carbonyl (C=O) groups excluding carboxylic acids is 1. The summed E-state index contributed by atoms with van der Waals surface area (Å²) in [5.74, 6) is 0.520. The molecule has 23 heavy (non-hydrogen) atoms. The number of nitrogens with one attached hydrogen (secondary N) is 2. The average molecular weight is 312 g/mol. The van der Waals surface area contributed by atoms with Crippen LogP contribution in [0.2, 0.25) is 0 Å². The van der Waals surface area contributed by atoms with Gasteiger partial charge in [0.25, 0.3) is 0 Å². The molecule has 5 heteroatoms. The first-order valence-electron chi connectivity index (χ1n) is 8.21. The summed E-state index contributed by atoms with van der Waals surface area (Å²) in [7, 11) is 0. The Bertz CT molecular complexity index is 675. The van der Waals surface area contributed by atoms with Gasteiger partial charge >= 0.3 is 6.03 Å². The van der Waals surface area contributed by atoms with E-state index in [-0.39, 0.29) is 12.1 Å². The highest BCUT2D eigenvalue weighted by atomic mass is 16.2. The van der Waals surface area contributed by atoms with Gasteiger partial charge in [-0.15, -0.1) is 0 Å². The highest BCUT2D eigenvalue weighted by Gasteiger charge is 2.23. The number of amides is 2. The zero-order valence-corrected chi connectivity index (χ0v) is 14.0. The Morgan fingerprint density at radius 2 is 1.91 bits per heavy atom. The van der Waals surface area contributed by atoms with Crippen molar-refractivity contribution < 1.29 is 4.79 Å². The van der Waals surface area contributed by atoms with Gasteiger partial charge < -0.3 is 10.2 Å². The van der Waals surface area contributed by atoms with Crippen LogP contribution in [-0.4, -0.2) is 27.7 Å². The second kappa shape index (κ2) is 6.44. The Balaban J connectivity index is 1.61. The Morgan fingerprint density at radius 1 is 1.22 bits per heavy atom. The van der Waals surface area contributed by atoms with Crippen LogP contribution >= 0.6 is 0 Å². The summed E-state index contributed by atoms with van der Waals surface area (Å²) in [6.45, 7) is 7.73. The van der Waals surface area contributed by atoms with E-state index in [1.54, 1.807) is 0 Å². The summed E-state index contributed by atoms with van der Waals surface area (Å²) in [6.07, 6.45) is 2.64. The topological polar surface area (TPSA) is 61.0 Å². The summed E-state index contributed by atoms with van der Waals surface area (Å²) in [4.78, 5) is 14.3. The molecule has 1 unspecified atom stereocenters. The summed E-state index contributed by atoms with van der Waals surface area (Å²) < 4.78 is 0. The van der Waals surface area contributed by atoms with Crippen molar-refractivity contribution in [3.63, 3.8) is 0 Å². The molecule has 0 aliphatic carbocycles. The SMILES string of the molecule is CC(C)c1ccc(C(C)NC(=O)N2CCc3[nH]ncc3C2)cc1. The number of benzene rings is 1. The lowest BCUT2D eigenvalue weighted by Crippen LogP contribution is -2.43. The first kappa shape index (κ1) is 15.6. The zero-order valence-electron chi connectivity index (χ0n) is 14.0. The Hall–Kier alpha value is -2.30. The van der Waals surface area contributed by atoms with Crippen molar-refractivity contribution in [1.29, 1.82) is 0 Å². The number of carbonyl (C=O) groups is 1. The minimum Gasteiger partial charge on any atom is -0.331 e. The van der Waals surface area contributed by atoms with Gasteiger partial charge in [-0.3, -0.25) is 5.10 Å². The molecule has 2 heterocycles. The standard InChI is InChI=1S/C18H24N4O/c1-12(2)14-4-6-15(7-5-14)13(3)20-18(23)22-9-8-17-16(11-22)10-19-21-17/h4-7,10,12-13H,8-9,11H2,1-3H3,(H,19,21)(H,20,23). The second-order valence-electron chi connectivity index (χ2n) is 6.54. The Kier molecular flexibility index (Phi) is 4.37. The first-order chi connectivity index (χ1) is 11.0. The third kappa shape index (κ3) is 3.38. The molecule has 0 bridgehead atoms. The summed E-state index contributed by atoms with van der Waals surface area (Å²) in [5, 5.41) is 10.1. The van der Waals surface area contributed by atoms with E-state index in [9.17, 15) is 4.79 Å². The molecular formula is C18H24N4O. The molecule has 0 saturated heterocycles. The Morgan fingerprint density at radius 3 is 2.61 bits per heavy atom. The van der Waals surface area contributed by atoms with Gasteiger partial charge in [0.1, 0.15) is 0 Å². The normalized spacial score (nSPS) is 15.4. The van der Waals surface area contributed by atoms with E-state index in [1.807, 2.05) is 18.0 Å². The van der Waals surface area contributed by atoms with E-state index in [2.05, 4.69) is 53.6 Å². The fraction of sp³-hybridized carbons (Fsp3) is 0.444. The largest absolute Gasteiger partial charge is 0.331 e. The number of H-pyrrole nitrogens is 1. The lowest BCUT2D eigenvalue weighted by Gasteiger charge is -2.28. The van der Waals surface area contributed by atoms with Crippen LogP contribution in [0, 0.1) is 0 Å². The second-order valence-corrected chi connectivity index (χ2v) is 6.54. The molecule has 2 N–H and O–H groups in total. The predicted octanol–water partition coefficient (Wildman–Crippen LogP) is 3.36. The number of hydrogen-bond donors (Lipinski definition) is 2. The molecule has 3 rings (SSSR count). The quantitative estimate of drug-likeness (QED) is 0.913. The maximum absolute atomic E-state index is 12.5. The summed E-state index contributed by atoms with van der Waals surface area (Å²) in [6, 6.07) is 8.46. The summed E-state index contributed by atoms with van der Waals surface area (Å²) >= 11 is 0. The number of aromatic nitrogens is 2. The van der Waals surface area contributed by atoms with Gasteiger partial charge in [0.05, 0.1) is 18.8 Å². The van der Waals surface area contributed by atoms with Gasteiger partial charge in [-0.25, -0.2) is 4.79 Å². The van der Waals surface area contributed by atoms with Crippen molar-refractivity contribution >= 4 is 6.03 Å². The maximum Gasteiger partial charge on any atom is 0.318 e. The first-order valence-corrected chi connectivity index (χ1v) is 8.21. The molecule has 1 atom stereocenters. The van der Waals surface area contributed by atoms with Gasteiger partial charge in [0.15, 0.2) is 0 Å². The molecule has 1 aliphatic heterocycles. The van der Waals surface area contributed by atoms with Crippen molar-refractivity contribution in [3.8, 4) is 0 Å². The minimum atomic E-state index is -0.0164. The molecule has 1 aliphatic rings. The number of rotatable bonds is 3. The van der Waals surface area contributed by atoms with Crippen molar-refractivity contribution in [2.24, 2.45) is 0 Å². The van der Waals surface area contributed by atoms with E-state index in [0.29, 0.717) is 12.5 Å². The van der Waals surface area contributed by atoms with Crippen LogP contribution < -0.4 is 5.32 Å². The highest BCUT2D eigenvalue weighted by Crippen LogP contribution is 2.20. The van der Waals surface area contributed by atoms with E-state index in [1.165, 1.54) is 5.56 Å². The molecule has 5 nitrogen and oxygen atoms in total. The monoisotopic (exact) mass is 312 g/mol. The van der Waals surface area contributed by atoms with Crippen LogP contribution in [0.3, 0.4) is 0 Å². The number of urea groups is 1. The number of fused-ring (bicyclic) bond motifs is 1. The molecule has 2 amide bonds. The third-order valence-electron chi connectivity index (χ3n) is 4.53. The van der Waals surface area contributed by atoms with E-state index in [0.717, 1.165) is 29.8 Å². The fourth-order valence-electron chi connectivity index (χ4n) is 2.92. The lowest BCUT2D eigenvalue weighted by atomic mass is 10.00. The van der Waals surface area contributed by atoms with Gasteiger partial charge in [0, 0.05) is 24.2 Å². The molecule has 2 aromatic rings. The number of hydrogen-bond acceptors (Lipinski definition) is 2. The molecule has 0 radical (unpaired) electrons. The molecule has 1 aromatic heterocycles. The maximum atomic E-state index is 12.5. The molecule has 0 saturated carbocycles. The van der Waals surface area contributed by atoms with Crippen LogP contribution in [0.4, 0.5) is 4.79 Å². The van der Waals surface area contributed by atoms with E-state index >= 15 is 0 Å². The van der Waals surface area contributed by atoms with Crippen molar-refractivity contribution in [3.05, 3.63) is 52.8 Å². The van der Waals surface area contributed by atoms with Crippen LogP contribution in [0.25, 0.3) is 0 Å². The third-order valence-corrected chi connectivity index (χ3v) is 4.53. The zero-order chi connectivity index (χ0) is 16.4. The van der Waals surface area contributed by atoms with E-state index < -0.39 is 0 Å². The highest BCUT2D eigenvalue weighted by molar-refractivity contribution is 5.75. The summed E-state index contributed by atoms with van der Waals surface area (Å²) in [5.41, 5.74) is 4.70. The lowest BCUT2D eigenvalue weighted by molar-refractivity contribution is 0.189. The van der Waals surface area contributed by atoms with Crippen molar-refractivity contribution in [2.75, 3.05) is 6.54 Å². The molecule has 122 valence electrons. The van der Waals surface area contributed by atoms with E-state index in [4.69, 9.17) is 0 Å². The average Bonchev–Trinajstić information content (AvgIpc) is 3.02. The molecule has 0 fully saturated rings. The van der Waals surface area contributed by atoms with Crippen molar-refractivity contribution in [2.45, 2.75) is 45.7 Å². The molecular weight excluding hydrogens is 288 g/mol. The van der Waals surface area contributed by atoms with Gasteiger partial charge in [0.2, 0.25) is 0 Å². The van der Waals surface area contributed by atoms with Crippen LogP contribution in [-0.2, 0) is 13.0 Å². The molecule has 1 aromatic carbocycles. The smallest absolute Gasteiger partial charge is 0.318 e. The van der Waals surface area contributed by atoms with Gasteiger partial charge in [-0.1, -0.05) is 38.1 Å². The predicted molar refractivity (Wildman–Crippen MR) is 90.2 cm³/mol. The molecule has 0 spiro atoms. The van der Waals surface area contributed by atoms with Gasteiger partial charge in [-0.05, 0) is 24.0 Å². The van der Waals surface area contributed by atoms with Crippen LogP contribution in [0.1, 0.15) is 55.1 Å². The van der Waals surface area contributed by atoms with Crippen molar-refractivity contribution in [1.82, 2.24) is 20.4 Å².